The third kappa shape index (κ3) is 10.5. The van der Waals surface area contributed by atoms with Crippen LogP contribution in [0, 0.1) is 17.2 Å². The molecule has 0 saturated carbocycles. The monoisotopic (exact) mass is 668 g/mol. The van der Waals surface area contributed by atoms with Crippen molar-refractivity contribution in [3.8, 4) is 6.07 Å². The van der Waals surface area contributed by atoms with E-state index < -0.39 is 18.0 Å². The van der Waals surface area contributed by atoms with Crippen LogP contribution in [-0.2, 0) is 38.6 Å². The van der Waals surface area contributed by atoms with E-state index in [1.54, 1.807) is 36.4 Å². The van der Waals surface area contributed by atoms with Gasteiger partial charge < -0.3 is 20.4 Å². The zero-order valence-corrected chi connectivity index (χ0v) is 28.6. The lowest BCUT2D eigenvalue weighted by Crippen LogP contribution is -2.43. The van der Waals surface area contributed by atoms with Crippen molar-refractivity contribution in [3.63, 3.8) is 0 Å². The standard InChI is InChI=1S/C37H44N6O4S/c1-26(15-17-41-35(44)19-32-21-40-25-43(32)22-29-13-11-28(20-38)12-14-29)27(2)42(24-36(45)47-37(46)34(39)16-18-48-3)23-31-9-6-8-30-7-4-5-10-33(30)31/h4-14,21,25-27,34H,15-19,22-24,39H2,1-3H3,(H,41,44)/t26-,27-,34-/m0/s1. The second-order valence-corrected chi connectivity index (χ2v) is 13.1. The highest BCUT2D eigenvalue weighted by molar-refractivity contribution is 7.98. The number of ether oxygens (including phenoxy) is 1. The summed E-state index contributed by atoms with van der Waals surface area (Å²) in [5, 5.41) is 14.3. The van der Waals surface area contributed by atoms with Crippen molar-refractivity contribution in [1.29, 1.82) is 5.26 Å². The number of rotatable bonds is 17. The fraction of sp³-hybridized carbons (Fsp3) is 0.378. The van der Waals surface area contributed by atoms with Crippen LogP contribution >= 0.6 is 11.8 Å². The number of carbonyl (C=O) groups excluding carboxylic acids is 3. The van der Waals surface area contributed by atoms with Gasteiger partial charge in [-0.3, -0.25) is 14.5 Å². The van der Waals surface area contributed by atoms with Gasteiger partial charge in [-0.15, -0.1) is 0 Å². The average molecular weight is 669 g/mol. The first-order valence-electron chi connectivity index (χ1n) is 16.1. The Hall–Kier alpha value is -4.50. The first-order chi connectivity index (χ1) is 23.2. The van der Waals surface area contributed by atoms with E-state index >= 15 is 0 Å². The molecule has 252 valence electrons. The van der Waals surface area contributed by atoms with Crippen LogP contribution in [0.4, 0.5) is 0 Å². The lowest BCUT2D eigenvalue weighted by Gasteiger charge is -2.33. The molecule has 3 N–H and O–H groups in total. The maximum atomic E-state index is 13.0. The molecule has 0 bridgehead atoms. The van der Waals surface area contributed by atoms with Gasteiger partial charge in [-0.25, -0.2) is 9.78 Å². The molecule has 4 aromatic rings. The fourth-order valence-electron chi connectivity index (χ4n) is 5.53. The van der Waals surface area contributed by atoms with E-state index in [1.807, 2.05) is 52.1 Å². The minimum Gasteiger partial charge on any atom is -0.391 e. The number of thioether (sulfide) groups is 1. The van der Waals surface area contributed by atoms with Crippen molar-refractivity contribution in [1.82, 2.24) is 19.8 Å². The lowest BCUT2D eigenvalue weighted by atomic mass is 9.96. The predicted octanol–water partition coefficient (Wildman–Crippen LogP) is 4.68. The number of hydrogen-bond donors (Lipinski definition) is 2. The summed E-state index contributed by atoms with van der Waals surface area (Å²) < 4.78 is 7.11. The van der Waals surface area contributed by atoms with Crippen molar-refractivity contribution in [3.05, 3.63) is 102 Å². The molecule has 0 aliphatic rings. The number of nitriles is 1. The summed E-state index contributed by atoms with van der Waals surface area (Å²) in [4.78, 5) is 44.7. The average Bonchev–Trinajstić information content (AvgIpc) is 3.52. The van der Waals surface area contributed by atoms with Crippen molar-refractivity contribution in [2.75, 3.05) is 25.1 Å². The fourth-order valence-corrected chi connectivity index (χ4v) is 6.02. The van der Waals surface area contributed by atoms with Gasteiger partial charge in [0.2, 0.25) is 5.91 Å². The van der Waals surface area contributed by atoms with E-state index in [4.69, 9.17) is 15.7 Å². The summed E-state index contributed by atoms with van der Waals surface area (Å²) in [6.45, 7) is 5.55. The largest absolute Gasteiger partial charge is 0.391 e. The molecule has 10 nitrogen and oxygen atoms in total. The number of imidazole rings is 1. The summed E-state index contributed by atoms with van der Waals surface area (Å²) in [6, 6.07) is 22.8. The molecule has 1 heterocycles. The summed E-state index contributed by atoms with van der Waals surface area (Å²) in [7, 11) is 0. The molecule has 0 fully saturated rings. The third-order valence-electron chi connectivity index (χ3n) is 8.63. The highest BCUT2D eigenvalue weighted by Gasteiger charge is 2.26. The Morgan fingerprint density at radius 3 is 2.56 bits per heavy atom. The first-order valence-corrected chi connectivity index (χ1v) is 17.5. The maximum Gasteiger partial charge on any atom is 0.330 e. The Kier molecular flexibility index (Phi) is 13.7. The zero-order valence-electron chi connectivity index (χ0n) is 27.8. The number of benzene rings is 3. The minimum atomic E-state index is -0.845. The third-order valence-corrected chi connectivity index (χ3v) is 9.28. The molecule has 3 atom stereocenters. The van der Waals surface area contributed by atoms with E-state index in [0.29, 0.717) is 43.8 Å². The Labute approximate surface area is 286 Å². The molecule has 0 radical (unpaired) electrons. The number of esters is 2. The summed E-state index contributed by atoms with van der Waals surface area (Å²) in [5.74, 6) is -0.658. The molecule has 4 rings (SSSR count). The SMILES string of the molecule is CSCC[C@H](N)C(=O)OC(=O)CN(Cc1cccc2ccccc12)[C@@H](C)[C@@H](C)CCNC(=O)Cc1cncn1Cc1ccc(C#N)cc1. The number of carbonyl (C=O) groups is 3. The molecule has 11 heteroatoms. The van der Waals surface area contributed by atoms with Gasteiger partial charge in [0, 0.05) is 37.6 Å². The molecular weight excluding hydrogens is 625 g/mol. The molecule has 0 aliphatic carbocycles. The molecule has 48 heavy (non-hydrogen) atoms. The summed E-state index contributed by atoms with van der Waals surface area (Å²) in [5.41, 5.74) is 9.41. The van der Waals surface area contributed by atoms with Gasteiger partial charge in [0.05, 0.1) is 30.9 Å². The van der Waals surface area contributed by atoms with Crippen molar-refractivity contribution in [2.45, 2.75) is 58.3 Å². The van der Waals surface area contributed by atoms with Crippen LogP contribution < -0.4 is 11.1 Å². The van der Waals surface area contributed by atoms with Gasteiger partial charge in [-0.05, 0) is 71.7 Å². The van der Waals surface area contributed by atoms with Crippen LogP contribution in [0.15, 0.2) is 79.3 Å². The van der Waals surface area contributed by atoms with Gasteiger partial charge in [-0.1, -0.05) is 61.5 Å². The summed E-state index contributed by atoms with van der Waals surface area (Å²) in [6.07, 6.45) is 6.62. The van der Waals surface area contributed by atoms with Crippen molar-refractivity contribution in [2.24, 2.45) is 11.7 Å². The highest BCUT2D eigenvalue weighted by atomic mass is 32.2. The minimum absolute atomic E-state index is 0.0781. The van der Waals surface area contributed by atoms with Gasteiger partial charge in [0.15, 0.2) is 0 Å². The Morgan fingerprint density at radius 1 is 1.06 bits per heavy atom. The smallest absolute Gasteiger partial charge is 0.330 e. The lowest BCUT2D eigenvalue weighted by molar-refractivity contribution is -0.162. The van der Waals surface area contributed by atoms with E-state index in [0.717, 1.165) is 27.6 Å². The quantitative estimate of drug-likeness (QED) is 0.121. The molecule has 0 spiro atoms. The van der Waals surface area contributed by atoms with Gasteiger partial charge in [0.25, 0.3) is 0 Å². The van der Waals surface area contributed by atoms with Crippen LogP contribution in [0.2, 0.25) is 0 Å². The van der Waals surface area contributed by atoms with Crippen LogP contribution in [0.1, 0.15) is 49.1 Å². The van der Waals surface area contributed by atoms with Crippen LogP contribution in [0.3, 0.4) is 0 Å². The van der Waals surface area contributed by atoms with Crippen molar-refractivity contribution >= 4 is 40.4 Å². The Balaban J connectivity index is 1.36. The second kappa shape index (κ2) is 18.2. The van der Waals surface area contributed by atoms with Crippen LogP contribution in [0.5, 0.6) is 0 Å². The van der Waals surface area contributed by atoms with Gasteiger partial charge in [0.1, 0.15) is 6.04 Å². The number of amides is 1. The number of aromatic nitrogens is 2. The van der Waals surface area contributed by atoms with Gasteiger partial charge in [-0.2, -0.15) is 17.0 Å². The molecule has 0 unspecified atom stereocenters. The number of hydrogen-bond acceptors (Lipinski definition) is 9. The number of nitrogens with zero attached hydrogens (tertiary/aromatic N) is 4. The zero-order chi connectivity index (χ0) is 34.5. The van der Waals surface area contributed by atoms with E-state index in [2.05, 4.69) is 48.4 Å². The van der Waals surface area contributed by atoms with E-state index in [9.17, 15) is 14.4 Å². The van der Waals surface area contributed by atoms with E-state index in [1.165, 1.54) is 0 Å². The topological polar surface area (TPSA) is 143 Å². The normalized spacial score (nSPS) is 13.1. The first kappa shape index (κ1) is 36.3. The molecule has 3 aromatic carbocycles. The number of nitrogens with one attached hydrogen (secondary N) is 1. The molecule has 0 aliphatic heterocycles. The molecular formula is C37H44N6O4S. The predicted molar refractivity (Wildman–Crippen MR) is 189 cm³/mol. The van der Waals surface area contributed by atoms with Crippen LogP contribution in [0.25, 0.3) is 10.8 Å². The summed E-state index contributed by atoms with van der Waals surface area (Å²) >= 11 is 1.58. The second-order valence-electron chi connectivity index (χ2n) is 12.1. The molecule has 0 saturated heterocycles. The highest BCUT2D eigenvalue weighted by Crippen LogP contribution is 2.23. The Bertz CT molecular complexity index is 1710. The van der Waals surface area contributed by atoms with Crippen LogP contribution in [-0.4, -0.2) is 69.5 Å². The maximum absolute atomic E-state index is 13.0. The molecule has 1 aromatic heterocycles. The number of fused-ring (bicyclic) bond motifs is 1. The number of nitrogens with two attached hydrogens (primary N) is 1. The Morgan fingerprint density at radius 2 is 1.81 bits per heavy atom. The van der Waals surface area contributed by atoms with Gasteiger partial charge >= 0.3 is 11.9 Å². The van der Waals surface area contributed by atoms with E-state index in [-0.39, 0.29) is 30.8 Å². The van der Waals surface area contributed by atoms with Crippen molar-refractivity contribution < 1.29 is 19.1 Å². The molecule has 1 amide bonds.